The summed E-state index contributed by atoms with van der Waals surface area (Å²) >= 11 is 6.00. The molecule has 0 unspecified atom stereocenters. The van der Waals surface area contributed by atoms with Gasteiger partial charge in [0.1, 0.15) is 0 Å². The molecule has 1 saturated carbocycles. The molecule has 0 spiro atoms. The van der Waals surface area contributed by atoms with Gasteiger partial charge in [0.15, 0.2) is 5.76 Å². The van der Waals surface area contributed by atoms with Crippen molar-refractivity contribution < 1.29 is 22.4 Å². The molecule has 2 heterocycles. The van der Waals surface area contributed by atoms with Gasteiger partial charge in [-0.15, -0.1) is 0 Å². The molecule has 2 fully saturated rings. The van der Waals surface area contributed by atoms with Gasteiger partial charge in [0.2, 0.25) is 15.9 Å². The Morgan fingerprint density at radius 3 is 2.30 bits per heavy atom. The van der Waals surface area contributed by atoms with E-state index in [0.717, 1.165) is 31.2 Å². The maximum atomic E-state index is 13.1. The fourth-order valence-corrected chi connectivity index (χ4v) is 6.18. The molecule has 0 atom stereocenters. The second-order valence-electron chi connectivity index (χ2n) is 8.54. The van der Waals surface area contributed by atoms with Crippen LogP contribution < -0.4 is 5.32 Å². The van der Waals surface area contributed by atoms with Crippen LogP contribution in [0.2, 0.25) is 5.02 Å². The fraction of sp³-hybridized carbons (Fsp3) is 0.478. The van der Waals surface area contributed by atoms with Crippen molar-refractivity contribution >= 4 is 33.4 Å². The molecule has 0 radical (unpaired) electrons. The van der Waals surface area contributed by atoms with E-state index < -0.39 is 15.4 Å². The minimum absolute atomic E-state index is 0.0437. The third-order valence-corrected chi connectivity index (χ3v) is 8.71. The maximum Gasteiger partial charge on any atom is 0.289 e. The van der Waals surface area contributed by atoms with Crippen LogP contribution in [-0.4, -0.2) is 67.9 Å². The molecule has 33 heavy (non-hydrogen) atoms. The minimum atomic E-state index is -3.56. The Labute approximate surface area is 198 Å². The highest BCUT2D eigenvalue weighted by Crippen LogP contribution is 2.41. The van der Waals surface area contributed by atoms with Crippen molar-refractivity contribution in [3.8, 4) is 0 Å². The van der Waals surface area contributed by atoms with Gasteiger partial charge in [-0.3, -0.25) is 9.59 Å². The summed E-state index contributed by atoms with van der Waals surface area (Å²) in [6.07, 6.45) is 4.81. The van der Waals surface area contributed by atoms with Crippen molar-refractivity contribution in [3.63, 3.8) is 0 Å². The Morgan fingerprint density at radius 1 is 1.03 bits per heavy atom. The number of piperazine rings is 1. The number of furan rings is 1. The predicted molar refractivity (Wildman–Crippen MR) is 125 cm³/mol. The first-order valence-electron chi connectivity index (χ1n) is 11.2. The van der Waals surface area contributed by atoms with Crippen molar-refractivity contribution in [1.29, 1.82) is 0 Å². The van der Waals surface area contributed by atoms with Gasteiger partial charge in [0.05, 0.1) is 17.4 Å². The second-order valence-corrected chi connectivity index (χ2v) is 11.1. The van der Waals surface area contributed by atoms with E-state index in [9.17, 15) is 18.0 Å². The highest BCUT2D eigenvalue weighted by Gasteiger charge is 2.42. The lowest BCUT2D eigenvalue weighted by Gasteiger charge is -2.33. The van der Waals surface area contributed by atoms with Crippen LogP contribution in [0.4, 0.5) is 0 Å². The topological polar surface area (TPSA) is 99.9 Å². The van der Waals surface area contributed by atoms with Crippen molar-refractivity contribution in [2.45, 2.75) is 31.1 Å². The van der Waals surface area contributed by atoms with Crippen molar-refractivity contribution in [2.24, 2.45) is 0 Å². The smallest absolute Gasteiger partial charge is 0.289 e. The average molecular weight is 494 g/mol. The molecule has 2 amide bonds. The molecule has 178 valence electrons. The van der Waals surface area contributed by atoms with Crippen LogP contribution in [0.15, 0.2) is 47.1 Å². The molecule has 1 aromatic carbocycles. The normalized spacial score (nSPS) is 18.9. The first kappa shape index (κ1) is 23.8. The van der Waals surface area contributed by atoms with E-state index in [1.165, 1.54) is 10.6 Å². The first-order chi connectivity index (χ1) is 15.8. The van der Waals surface area contributed by atoms with Crippen LogP contribution in [0.3, 0.4) is 0 Å². The zero-order valence-corrected chi connectivity index (χ0v) is 19.9. The standard InChI is InChI=1S/C23H28ClN3O5S/c24-19-7-5-18(6-8-19)23(9-1-2-10-23)22(29)25-11-17-33(30,31)27-14-12-26(13-15-27)21(28)20-4-3-16-32-20/h3-8,16H,1-2,9-15,17H2,(H,25,29). The zero-order valence-electron chi connectivity index (χ0n) is 18.3. The lowest BCUT2D eigenvalue weighted by atomic mass is 9.78. The molecule has 1 saturated heterocycles. The highest BCUT2D eigenvalue weighted by atomic mass is 35.5. The van der Waals surface area contributed by atoms with Crippen LogP contribution in [-0.2, 0) is 20.2 Å². The maximum absolute atomic E-state index is 13.1. The van der Waals surface area contributed by atoms with E-state index in [2.05, 4.69) is 5.32 Å². The second kappa shape index (κ2) is 9.87. The van der Waals surface area contributed by atoms with E-state index in [4.69, 9.17) is 16.0 Å². The number of sulfonamides is 1. The minimum Gasteiger partial charge on any atom is -0.459 e. The largest absolute Gasteiger partial charge is 0.459 e. The molecule has 2 aliphatic rings. The molecule has 1 aliphatic heterocycles. The van der Waals surface area contributed by atoms with Crippen molar-refractivity contribution in [3.05, 3.63) is 59.0 Å². The molecule has 1 aliphatic carbocycles. The summed E-state index contributed by atoms with van der Waals surface area (Å²) in [6.45, 7) is 1.08. The Bertz CT molecular complexity index is 1070. The van der Waals surface area contributed by atoms with E-state index >= 15 is 0 Å². The van der Waals surface area contributed by atoms with Crippen LogP contribution >= 0.6 is 11.6 Å². The molecule has 8 nitrogen and oxygen atoms in total. The predicted octanol–water partition coefficient (Wildman–Crippen LogP) is 2.65. The molecule has 4 rings (SSSR count). The van der Waals surface area contributed by atoms with E-state index in [0.29, 0.717) is 18.1 Å². The molecular formula is C23H28ClN3O5S. The number of nitrogens with zero attached hydrogens (tertiary/aromatic N) is 2. The van der Waals surface area contributed by atoms with Crippen LogP contribution in [0.5, 0.6) is 0 Å². The fourth-order valence-electron chi connectivity index (χ4n) is 4.71. The number of hydrogen-bond acceptors (Lipinski definition) is 5. The summed E-state index contributed by atoms with van der Waals surface area (Å²) in [5, 5.41) is 3.48. The number of benzene rings is 1. The van der Waals surface area contributed by atoms with Gasteiger partial charge in [-0.25, -0.2) is 8.42 Å². The number of carbonyl (C=O) groups excluding carboxylic acids is 2. The van der Waals surface area contributed by atoms with Gasteiger partial charge < -0.3 is 14.6 Å². The van der Waals surface area contributed by atoms with Gasteiger partial charge in [-0.1, -0.05) is 36.6 Å². The monoisotopic (exact) mass is 493 g/mol. The number of halogens is 1. The van der Waals surface area contributed by atoms with Gasteiger partial charge in [0.25, 0.3) is 5.91 Å². The number of carbonyl (C=O) groups is 2. The number of hydrogen-bond donors (Lipinski definition) is 1. The summed E-state index contributed by atoms with van der Waals surface area (Å²) in [6, 6.07) is 10.6. The van der Waals surface area contributed by atoms with E-state index in [1.54, 1.807) is 29.2 Å². The molecule has 2 aromatic rings. The third kappa shape index (κ3) is 5.10. The summed E-state index contributed by atoms with van der Waals surface area (Å²) in [7, 11) is -3.56. The van der Waals surface area contributed by atoms with E-state index in [-0.39, 0.29) is 43.0 Å². The SMILES string of the molecule is O=C(c1ccco1)N1CCN(S(=O)(=O)CCNC(=O)C2(c3ccc(Cl)cc3)CCCC2)CC1. The lowest BCUT2D eigenvalue weighted by molar-refractivity contribution is -0.126. The van der Waals surface area contributed by atoms with E-state index in [1.807, 2.05) is 12.1 Å². The van der Waals surface area contributed by atoms with Gasteiger partial charge >= 0.3 is 0 Å². The average Bonchev–Trinajstić information content (AvgIpc) is 3.52. The Hall–Kier alpha value is -2.36. The molecule has 0 bridgehead atoms. The van der Waals surface area contributed by atoms with Gasteiger partial charge in [0, 0.05) is 37.7 Å². The Kier molecular flexibility index (Phi) is 7.11. The summed E-state index contributed by atoms with van der Waals surface area (Å²) in [5.74, 6) is -0.308. The summed E-state index contributed by atoms with van der Waals surface area (Å²) in [5.41, 5.74) is 0.286. The van der Waals surface area contributed by atoms with Gasteiger partial charge in [-0.05, 0) is 42.7 Å². The van der Waals surface area contributed by atoms with Crippen molar-refractivity contribution in [2.75, 3.05) is 38.5 Å². The number of rotatable bonds is 7. The molecular weight excluding hydrogens is 466 g/mol. The molecule has 1 N–H and O–H groups in total. The number of nitrogens with one attached hydrogen (secondary N) is 1. The van der Waals surface area contributed by atoms with Gasteiger partial charge in [-0.2, -0.15) is 4.31 Å². The quantitative estimate of drug-likeness (QED) is 0.639. The summed E-state index contributed by atoms with van der Waals surface area (Å²) in [4.78, 5) is 27.1. The van der Waals surface area contributed by atoms with Crippen LogP contribution in [0, 0.1) is 0 Å². The zero-order chi connectivity index (χ0) is 23.5. The Balaban J connectivity index is 1.31. The van der Waals surface area contributed by atoms with Crippen LogP contribution in [0.1, 0.15) is 41.8 Å². The highest BCUT2D eigenvalue weighted by molar-refractivity contribution is 7.89. The first-order valence-corrected chi connectivity index (χ1v) is 13.2. The molecule has 1 aromatic heterocycles. The van der Waals surface area contributed by atoms with Crippen LogP contribution in [0.25, 0.3) is 0 Å². The third-order valence-electron chi connectivity index (χ3n) is 6.59. The van der Waals surface area contributed by atoms with Crippen molar-refractivity contribution in [1.82, 2.24) is 14.5 Å². The number of amides is 2. The lowest BCUT2D eigenvalue weighted by Crippen LogP contribution is -2.52. The summed E-state index contributed by atoms with van der Waals surface area (Å²) < 4.78 is 32.2. The molecule has 10 heteroatoms. The Morgan fingerprint density at radius 2 is 1.70 bits per heavy atom.